The molecule has 7 rings (SSSR count). The van der Waals surface area contributed by atoms with Gasteiger partial charge in [-0.1, -0.05) is 27.2 Å². The number of ether oxygens (including phenoxy) is 2. The van der Waals surface area contributed by atoms with Crippen LogP contribution in [0.2, 0.25) is 0 Å². The lowest BCUT2D eigenvalue weighted by atomic mass is 9.81. The number of pyridine rings is 2. The van der Waals surface area contributed by atoms with Gasteiger partial charge in [0.05, 0.1) is 41.7 Å². The van der Waals surface area contributed by atoms with Gasteiger partial charge in [0, 0.05) is 47.7 Å². The first kappa shape index (κ1) is 46.6. The molecule has 20 heteroatoms. The molecule has 0 saturated carbocycles. The molecule has 4 atom stereocenters. The molecule has 6 N–H and O–H groups in total. The van der Waals surface area contributed by atoms with E-state index in [-0.39, 0.29) is 61.4 Å². The Morgan fingerprint density at radius 1 is 1.00 bits per heavy atom. The number of esters is 1. The predicted octanol–water partition coefficient (Wildman–Crippen LogP) is 0.824. The molecular formula is C45H52FN7O12. The highest BCUT2D eigenvalue weighted by Gasteiger charge is 2.46. The van der Waals surface area contributed by atoms with Crippen LogP contribution in [0.3, 0.4) is 0 Å². The smallest absolute Gasteiger partial charge is 0.343 e. The fraction of sp³-hybridized carbons (Fsp3) is 0.489. The Hall–Kier alpha value is -6.38. The Balaban J connectivity index is 0.952. The number of imide groups is 1. The van der Waals surface area contributed by atoms with Crippen molar-refractivity contribution in [2.24, 2.45) is 5.92 Å². The fourth-order valence-electron chi connectivity index (χ4n) is 8.94. The van der Waals surface area contributed by atoms with E-state index in [9.17, 15) is 48.6 Å². The maximum Gasteiger partial charge on any atom is 0.343 e. The molecule has 3 aliphatic heterocycles. The minimum absolute atomic E-state index is 0.0452. The summed E-state index contributed by atoms with van der Waals surface area (Å²) in [5, 5.41) is 32.4. The monoisotopic (exact) mass is 901 g/mol. The lowest BCUT2D eigenvalue weighted by Gasteiger charge is -2.31. The lowest BCUT2D eigenvalue weighted by Crippen LogP contribution is -2.56. The molecule has 6 amide bonds. The number of halogens is 1. The number of fused-ring (bicyclic) bond motifs is 5. The van der Waals surface area contributed by atoms with Crippen molar-refractivity contribution in [3.8, 4) is 11.4 Å². The number of aryl methyl sites for hydroxylation is 1. The number of aliphatic hydroxyl groups is 2. The average Bonchev–Trinajstić information content (AvgIpc) is 3.81. The van der Waals surface area contributed by atoms with Crippen molar-refractivity contribution in [2.75, 3.05) is 26.5 Å². The summed E-state index contributed by atoms with van der Waals surface area (Å²) in [4.78, 5) is 108. The van der Waals surface area contributed by atoms with Gasteiger partial charge in [-0.15, -0.1) is 0 Å². The number of rotatable bonds is 18. The van der Waals surface area contributed by atoms with Crippen molar-refractivity contribution in [1.82, 2.24) is 35.7 Å². The number of nitrogens with zero attached hydrogens (tertiary/aromatic N) is 3. The van der Waals surface area contributed by atoms with Crippen LogP contribution in [-0.2, 0) is 68.2 Å². The molecule has 0 spiro atoms. The Labute approximate surface area is 372 Å². The van der Waals surface area contributed by atoms with E-state index in [0.717, 1.165) is 10.5 Å². The first-order chi connectivity index (χ1) is 31.0. The Morgan fingerprint density at radius 2 is 1.74 bits per heavy atom. The summed E-state index contributed by atoms with van der Waals surface area (Å²) < 4.78 is 27.4. The first-order valence-electron chi connectivity index (χ1n) is 21.7. The largest absolute Gasteiger partial charge is 0.458 e. The Kier molecular flexibility index (Phi) is 13.6. The van der Waals surface area contributed by atoms with Crippen LogP contribution >= 0.6 is 0 Å². The molecule has 19 nitrogen and oxygen atoms in total. The van der Waals surface area contributed by atoms with Gasteiger partial charge >= 0.3 is 5.97 Å². The van der Waals surface area contributed by atoms with E-state index in [1.54, 1.807) is 33.8 Å². The normalized spacial score (nSPS) is 19.1. The molecule has 0 radical (unpaired) electrons. The minimum atomic E-state index is -2.05. The molecule has 5 heterocycles. The van der Waals surface area contributed by atoms with Crippen molar-refractivity contribution in [3.05, 3.63) is 73.8 Å². The predicted molar refractivity (Wildman–Crippen MR) is 227 cm³/mol. The van der Waals surface area contributed by atoms with E-state index in [0.29, 0.717) is 71.1 Å². The highest BCUT2D eigenvalue weighted by atomic mass is 19.1. The van der Waals surface area contributed by atoms with Crippen LogP contribution in [0.1, 0.15) is 98.7 Å². The number of benzene rings is 1. The van der Waals surface area contributed by atoms with Crippen LogP contribution in [0.5, 0.6) is 0 Å². The molecule has 4 aliphatic rings. The number of hydrogen-bond donors (Lipinski definition) is 6. The number of carbonyl (C=O) groups is 7. The third kappa shape index (κ3) is 9.01. The second-order valence-electron chi connectivity index (χ2n) is 17.0. The van der Waals surface area contributed by atoms with Crippen LogP contribution in [0.4, 0.5) is 4.39 Å². The number of cyclic esters (lactones) is 1. The number of carbonyl (C=O) groups excluding carboxylic acids is 7. The number of aromatic nitrogens is 2. The van der Waals surface area contributed by atoms with Crippen LogP contribution in [-0.4, -0.2) is 105 Å². The van der Waals surface area contributed by atoms with Crippen LogP contribution < -0.4 is 26.8 Å². The first-order valence-corrected chi connectivity index (χ1v) is 21.7. The fourth-order valence-corrected chi connectivity index (χ4v) is 8.94. The average molecular weight is 902 g/mol. The van der Waals surface area contributed by atoms with E-state index < -0.39 is 84.6 Å². The van der Waals surface area contributed by atoms with Crippen molar-refractivity contribution < 1.29 is 57.6 Å². The zero-order valence-corrected chi connectivity index (χ0v) is 36.5. The molecule has 1 aromatic carbocycles. The Bertz CT molecular complexity index is 2570. The van der Waals surface area contributed by atoms with Crippen molar-refractivity contribution in [3.63, 3.8) is 0 Å². The molecule has 0 bridgehead atoms. The molecule has 0 unspecified atom stereocenters. The van der Waals surface area contributed by atoms with Crippen LogP contribution in [0, 0.1) is 18.7 Å². The number of hydrogen-bond acceptors (Lipinski definition) is 13. The summed E-state index contributed by atoms with van der Waals surface area (Å²) >= 11 is 0. The van der Waals surface area contributed by atoms with Crippen LogP contribution in [0.25, 0.3) is 22.3 Å². The van der Waals surface area contributed by atoms with E-state index >= 15 is 4.39 Å². The van der Waals surface area contributed by atoms with E-state index in [2.05, 4.69) is 21.3 Å². The summed E-state index contributed by atoms with van der Waals surface area (Å²) in [6, 6.07) is -0.207. The summed E-state index contributed by atoms with van der Waals surface area (Å²) in [7, 11) is 0. The lowest BCUT2D eigenvalue weighted by molar-refractivity contribution is -0.172. The van der Waals surface area contributed by atoms with Gasteiger partial charge in [-0.2, -0.15) is 0 Å². The topological polar surface area (TPSA) is 265 Å². The Morgan fingerprint density at radius 3 is 2.43 bits per heavy atom. The van der Waals surface area contributed by atoms with Gasteiger partial charge < -0.3 is 45.5 Å². The molecule has 0 fully saturated rings. The standard InChI is InChI=1S/C45H52FN7O12/c1-5-45(63)27-15-32-40-25(17-53(32)43(61)26(27)19-65-44(45)62)38-29(11-10-24-23(4)28(46)16-30(49-40)37(24)38)48-34(56)20-64-21-47-41(59)31(18-54)50-42(60)39(22(2)3)51-33(55)9-7-6-8-14-52-35(57)12-13-36(52)58/h12-13,15-16,22,29,31,39,54,63H,5-11,14,17-21H2,1-4H3,(H,47,59)(H,48,56)(H,50,60)(H,51,55)/t29-,31-,39-,45-/m0/s1. The van der Waals surface area contributed by atoms with Gasteiger partial charge in [-0.3, -0.25) is 38.5 Å². The molecule has 0 saturated heterocycles. The number of unbranched alkanes of at least 4 members (excludes halogenated alkanes) is 2. The third-order valence-electron chi connectivity index (χ3n) is 12.6. The van der Waals surface area contributed by atoms with Gasteiger partial charge in [-0.25, -0.2) is 14.2 Å². The number of aliphatic hydroxyl groups excluding tert-OH is 1. The second kappa shape index (κ2) is 19.0. The SMILES string of the molecule is CC[C@@]1(O)C(=O)OCc2c1cc1n(c2=O)Cc2c-1nc1cc(F)c(C)c3c1c2[C@@H](NC(=O)COCNC(=O)[C@H](CO)NC(=O)[C@@H](NC(=O)CCCCCN1C(=O)C=CC1=O)C(C)C)CC3. The molecule has 3 aromatic rings. The molecular weight excluding hydrogens is 850 g/mol. The molecule has 1 aliphatic carbocycles. The summed E-state index contributed by atoms with van der Waals surface area (Å²) in [6.45, 7) is 4.88. The zero-order chi connectivity index (χ0) is 46.9. The minimum Gasteiger partial charge on any atom is -0.458 e. The number of amides is 6. The van der Waals surface area contributed by atoms with Crippen molar-refractivity contribution >= 4 is 52.3 Å². The van der Waals surface area contributed by atoms with Crippen LogP contribution in [0.15, 0.2) is 29.1 Å². The van der Waals surface area contributed by atoms with Crippen molar-refractivity contribution in [1.29, 1.82) is 0 Å². The van der Waals surface area contributed by atoms with E-state index in [1.165, 1.54) is 22.8 Å². The molecule has 2 aromatic heterocycles. The highest BCUT2D eigenvalue weighted by Crippen LogP contribution is 2.46. The molecule has 65 heavy (non-hydrogen) atoms. The second-order valence-corrected chi connectivity index (χ2v) is 17.0. The van der Waals surface area contributed by atoms with Gasteiger partial charge in [-0.05, 0) is 67.7 Å². The van der Waals surface area contributed by atoms with Gasteiger partial charge in [0.15, 0.2) is 5.60 Å². The summed E-state index contributed by atoms with van der Waals surface area (Å²) in [5.74, 6) is -4.96. The highest BCUT2D eigenvalue weighted by molar-refractivity contribution is 6.12. The van der Waals surface area contributed by atoms with E-state index in [1.807, 2.05) is 0 Å². The van der Waals surface area contributed by atoms with Gasteiger partial charge in [0.1, 0.15) is 37.8 Å². The quantitative estimate of drug-likeness (QED) is 0.0350. The zero-order valence-electron chi connectivity index (χ0n) is 36.5. The van der Waals surface area contributed by atoms with E-state index in [4.69, 9.17) is 14.5 Å². The number of nitrogens with one attached hydrogen (secondary N) is 4. The van der Waals surface area contributed by atoms with Crippen molar-refractivity contribution in [2.45, 2.75) is 110 Å². The van der Waals surface area contributed by atoms with Gasteiger partial charge in [0.2, 0.25) is 23.6 Å². The van der Waals surface area contributed by atoms with Gasteiger partial charge in [0.25, 0.3) is 17.4 Å². The summed E-state index contributed by atoms with van der Waals surface area (Å²) in [6.07, 6.45) is 4.73. The maximum atomic E-state index is 15.3. The molecule has 346 valence electrons. The maximum absolute atomic E-state index is 15.3. The summed E-state index contributed by atoms with van der Waals surface area (Å²) in [5.41, 5.74) is 1.18. The third-order valence-corrected chi connectivity index (χ3v) is 12.6.